The molecule has 0 saturated heterocycles. The van der Waals surface area contributed by atoms with E-state index in [9.17, 15) is 9.59 Å². The number of rotatable bonds is 7. The molecule has 1 rings (SSSR count). The summed E-state index contributed by atoms with van der Waals surface area (Å²) in [5.74, 6) is -1.03. The normalized spacial score (nSPS) is 10.3. The highest BCUT2D eigenvalue weighted by Crippen LogP contribution is 1.92. The van der Waals surface area contributed by atoms with Crippen LogP contribution < -0.4 is 5.32 Å². The van der Waals surface area contributed by atoms with Gasteiger partial charge in [0.1, 0.15) is 0 Å². The third kappa shape index (κ3) is 4.50. The van der Waals surface area contributed by atoms with Gasteiger partial charge in [-0.2, -0.15) is 0 Å². The minimum atomic E-state index is -1.09. The SMILES string of the molecule is CN(C)C(=O)CCNCCn1cc(C(=O)O)nn1. The molecule has 0 aliphatic rings. The molecule has 8 heteroatoms. The van der Waals surface area contributed by atoms with E-state index in [1.54, 1.807) is 14.1 Å². The van der Waals surface area contributed by atoms with Crippen LogP contribution in [0.5, 0.6) is 0 Å². The molecule has 0 aliphatic carbocycles. The topological polar surface area (TPSA) is 100 Å². The third-order valence-electron chi connectivity index (χ3n) is 2.29. The summed E-state index contributed by atoms with van der Waals surface area (Å²) in [5.41, 5.74) is -0.0715. The van der Waals surface area contributed by atoms with Gasteiger partial charge in [-0.25, -0.2) is 4.79 Å². The van der Waals surface area contributed by atoms with E-state index in [1.165, 1.54) is 15.8 Å². The molecule has 100 valence electrons. The number of carbonyl (C=O) groups is 2. The standard InChI is InChI=1S/C10H17N5O3/c1-14(2)9(16)3-4-11-5-6-15-7-8(10(17)18)12-13-15/h7,11H,3-6H2,1-2H3,(H,17,18). The minimum Gasteiger partial charge on any atom is -0.476 e. The minimum absolute atomic E-state index is 0.0661. The van der Waals surface area contributed by atoms with Gasteiger partial charge in [-0.1, -0.05) is 5.21 Å². The lowest BCUT2D eigenvalue weighted by molar-refractivity contribution is -0.128. The van der Waals surface area contributed by atoms with Crippen LogP contribution in [0.2, 0.25) is 0 Å². The second kappa shape index (κ2) is 6.70. The fourth-order valence-corrected chi connectivity index (χ4v) is 1.24. The van der Waals surface area contributed by atoms with Crippen molar-refractivity contribution in [2.45, 2.75) is 13.0 Å². The van der Waals surface area contributed by atoms with Gasteiger partial charge in [0.25, 0.3) is 0 Å². The predicted molar refractivity (Wildman–Crippen MR) is 63.2 cm³/mol. The van der Waals surface area contributed by atoms with E-state index < -0.39 is 5.97 Å². The molecule has 18 heavy (non-hydrogen) atoms. The van der Waals surface area contributed by atoms with Gasteiger partial charge >= 0.3 is 5.97 Å². The number of aromatic carboxylic acids is 1. The Morgan fingerprint density at radius 2 is 2.17 bits per heavy atom. The van der Waals surface area contributed by atoms with E-state index in [0.29, 0.717) is 26.1 Å². The van der Waals surface area contributed by atoms with Gasteiger partial charge in [0, 0.05) is 33.6 Å². The van der Waals surface area contributed by atoms with Crippen molar-refractivity contribution >= 4 is 11.9 Å². The van der Waals surface area contributed by atoms with Crippen LogP contribution in [0.3, 0.4) is 0 Å². The molecule has 1 amide bonds. The van der Waals surface area contributed by atoms with E-state index in [-0.39, 0.29) is 11.6 Å². The van der Waals surface area contributed by atoms with Gasteiger partial charge < -0.3 is 15.3 Å². The van der Waals surface area contributed by atoms with Gasteiger partial charge in [-0.05, 0) is 0 Å². The molecule has 0 aromatic carbocycles. The fraction of sp³-hybridized carbons (Fsp3) is 0.600. The number of carboxylic acid groups (broad SMARTS) is 1. The molecule has 0 atom stereocenters. The average molecular weight is 255 g/mol. The van der Waals surface area contributed by atoms with Crippen LogP contribution in [0, 0.1) is 0 Å². The Morgan fingerprint density at radius 1 is 1.44 bits per heavy atom. The van der Waals surface area contributed by atoms with Crippen LogP contribution in [-0.4, -0.2) is 64.1 Å². The number of hydrogen-bond acceptors (Lipinski definition) is 5. The molecule has 1 heterocycles. The molecule has 0 saturated carbocycles. The smallest absolute Gasteiger partial charge is 0.358 e. The molecule has 8 nitrogen and oxygen atoms in total. The lowest BCUT2D eigenvalue weighted by Crippen LogP contribution is -2.28. The monoisotopic (exact) mass is 255 g/mol. The van der Waals surface area contributed by atoms with E-state index in [4.69, 9.17) is 5.11 Å². The molecule has 0 fully saturated rings. The maximum Gasteiger partial charge on any atom is 0.358 e. The first-order valence-electron chi connectivity index (χ1n) is 5.55. The highest BCUT2D eigenvalue weighted by atomic mass is 16.4. The summed E-state index contributed by atoms with van der Waals surface area (Å²) in [6.07, 6.45) is 1.81. The van der Waals surface area contributed by atoms with E-state index in [0.717, 1.165) is 0 Å². The predicted octanol–water partition coefficient (Wildman–Crippen LogP) is -0.956. The fourth-order valence-electron chi connectivity index (χ4n) is 1.24. The van der Waals surface area contributed by atoms with Crippen molar-refractivity contribution < 1.29 is 14.7 Å². The zero-order valence-corrected chi connectivity index (χ0v) is 10.5. The second-order valence-corrected chi connectivity index (χ2v) is 3.96. The van der Waals surface area contributed by atoms with Crippen molar-refractivity contribution in [2.24, 2.45) is 0 Å². The summed E-state index contributed by atoms with van der Waals surface area (Å²) in [5, 5.41) is 18.9. The van der Waals surface area contributed by atoms with Gasteiger partial charge in [-0.3, -0.25) is 9.48 Å². The molecular formula is C10H17N5O3. The van der Waals surface area contributed by atoms with Crippen molar-refractivity contribution in [2.75, 3.05) is 27.2 Å². The van der Waals surface area contributed by atoms with Crippen LogP contribution >= 0.6 is 0 Å². The lowest BCUT2D eigenvalue weighted by Gasteiger charge is -2.10. The Bertz CT molecular complexity index is 415. The number of nitrogens with one attached hydrogen (secondary N) is 1. The van der Waals surface area contributed by atoms with Crippen molar-refractivity contribution in [3.8, 4) is 0 Å². The summed E-state index contributed by atoms with van der Waals surface area (Å²) >= 11 is 0. The highest BCUT2D eigenvalue weighted by Gasteiger charge is 2.07. The zero-order chi connectivity index (χ0) is 13.5. The summed E-state index contributed by atoms with van der Waals surface area (Å²) in [6.45, 7) is 1.69. The molecule has 0 spiro atoms. The number of carbonyl (C=O) groups excluding carboxylic acids is 1. The number of amides is 1. The largest absolute Gasteiger partial charge is 0.476 e. The molecule has 1 aromatic rings. The van der Waals surface area contributed by atoms with Crippen LogP contribution in [0.25, 0.3) is 0 Å². The van der Waals surface area contributed by atoms with E-state index in [2.05, 4.69) is 15.6 Å². The van der Waals surface area contributed by atoms with Crippen molar-refractivity contribution in [3.63, 3.8) is 0 Å². The highest BCUT2D eigenvalue weighted by molar-refractivity contribution is 5.84. The van der Waals surface area contributed by atoms with Crippen molar-refractivity contribution in [1.29, 1.82) is 0 Å². The number of carboxylic acids is 1. The quantitative estimate of drug-likeness (QED) is 0.609. The van der Waals surface area contributed by atoms with Gasteiger partial charge in [0.05, 0.1) is 12.7 Å². The van der Waals surface area contributed by atoms with E-state index in [1.807, 2.05) is 0 Å². The first kappa shape index (κ1) is 14.1. The summed E-state index contributed by atoms with van der Waals surface area (Å²) in [7, 11) is 3.43. The van der Waals surface area contributed by atoms with Crippen LogP contribution in [-0.2, 0) is 11.3 Å². The maximum atomic E-state index is 11.2. The van der Waals surface area contributed by atoms with Crippen molar-refractivity contribution in [1.82, 2.24) is 25.2 Å². The van der Waals surface area contributed by atoms with Gasteiger partial charge in [0.15, 0.2) is 5.69 Å². The first-order valence-corrected chi connectivity index (χ1v) is 5.55. The zero-order valence-electron chi connectivity index (χ0n) is 10.5. The second-order valence-electron chi connectivity index (χ2n) is 3.96. The Labute approximate surface area is 105 Å². The molecular weight excluding hydrogens is 238 g/mol. The number of hydrogen-bond donors (Lipinski definition) is 2. The number of nitrogens with zero attached hydrogens (tertiary/aromatic N) is 4. The third-order valence-corrected chi connectivity index (χ3v) is 2.29. The van der Waals surface area contributed by atoms with Crippen LogP contribution in [0.4, 0.5) is 0 Å². The molecule has 0 unspecified atom stereocenters. The van der Waals surface area contributed by atoms with Crippen LogP contribution in [0.1, 0.15) is 16.9 Å². The lowest BCUT2D eigenvalue weighted by atomic mass is 10.4. The Hall–Kier alpha value is -1.96. The van der Waals surface area contributed by atoms with Crippen LogP contribution in [0.15, 0.2) is 6.20 Å². The molecule has 0 radical (unpaired) electrons. The number of aromatic nitrogens is 3. The Morgan fingerprint density at radius 3 is 2.72 bits per heavy atom. The summed E-state index contributed by atoms with van der Waals surface area (Å²) < 4.78 is 1.45. The first-order chi connectivity index (χ1) is 8.50. The molecule has 2 N–H and O–H groups in total. The average Bonchev–Trinajstić information content (AvgIpc) is 2.77. The Kier molecular flexibility index (Phi) is 5.25. The maximum absolute atomic E-state index is 11.2. The summed E-state index contributed by atoms with van der Waals surface area (Å²) in [4.78, 5) is 23.3. The molecule has 1 aromatic heterocycles. The molecule has 0 bridgehead atoms. The van der Waals surface area contributed by atoms with Gasteiger partial charge in [0.2, 0.25) is 5.91 Å². The summed E-state index contributed by atoms with van der Waals surface area (Å²) in [6, 6.07) is 0. The Balaban J connectivity index is 2.18. The van der Waals surface area contributed by atoms with Crippen molar-refractivity contribution in [3.05, 3.63) is 11.9 Å². The van der Waals surface area contributed by atoms with E-state index >= 15 is 0 Å². The molecule has 0 aliphatic heterocycles. The van der Waals surface area contributed by atoms with Gasteiger partial charge in [-0.15, -0.1) is 5.10 Å².